The summed E-state index contributed by atoms with van der Waals surface area (Å²) in [4.78, 5) is 8.85. The van der Waals surface area contributed by atoms with Gasteiger partial charge in [0.25, 0.3) is 0 Å². The largest absolute Gasteiger partial charge is 0.413 e. The van der Waals surface area contributed by atoms with Crippen molar-refractivity contribution in [3.63, 3.8) is 0 Å². The van der Waals surface area contributed by atoms with E-state index in [2.05, 4.69) is 68.7 Å². The summed E-state index contributed by atoms with van der Waals surface area (Å²) in [6.07, 6.45) is 3.30. The molecule has 0 bridgehead atoms. The molecule has 1 aromatic carbocycles. The molecule has 1 atom stereocenters. The molecule has 0 amide bonds. The third-order valence-electron chi connectivity index (χ3n) is 5.95. The summed E-state index contributed by atoms with van der Waals surface area (Å²) >= 11 is 6.13. The van der Waals surface area contributed by atoms with E-state index >= 15 is 0 Å². The number of rotatable bonds is 8. The fraction of sp³-hybridized carbons (Fsp3) is 0.500. The Kier molecular flexibility index (Phi) is 6.76. The Labute approximate surface area is 179 Å². The molecule has 3 rings (SSSR count). The van der Waals surface area contributed by atoms with Gasteiger partial charge in [-0.3, -0.25) is 0 Å². The van der Waals surface area contributed by atoms with Crippen LogP contribution < -0.4 is 0 Å². The minimum absolute atomic E-state index is 0.0930. The second-order valence-corrected chi connectivity index (χ2v) is 14.4. The van der Waals surface area contributed by atoms with Crippen molar-refractivity contribution in [2.45, 2.75) is 64.2 Å². The van der Waals surface area contributed by atoms with Gasteiger partial charge in [0.2, 0.25) is 0 Å². The summed E-state index contributed by atoms with van der Waals surface area (Å²) in [6, 6.07) is 10.3. The highest BCUT2D eigenvalue weighted by atomic mass is 35.5. The Morgan fingerprint density at radius 3 is 2.17 bits per heavy atom. The number of halogens is 1. The fourth-order valence-corrected chi connectivity index (χ4v) is 10.3. The monoisotopic (exact) mass is 430 g/mol. The molecule has 0 aliphatic carbocycles. The van der Waals surface area contributed by atoms with Crippen molar-refractivity contribution < 1.29 is 4.43 Å². The zero-order chi connectivity index (χ0) is 21.2. The summed E-state index contributed by atoms with van der Waals surface area (Å²) in [7, 11) is -2.02. The van der Waals surface area contributed by atoms with Crippen molar-refractivity contribution >= 4 is 31.1 Å². The first-order valence-corrected chi connectivity index (χ1v) is 12.8. The molecule has 5 nitrogen and oxygen atoms in total. The first kappa shape index (κ1) is 21.9. The van der Waals surface area contributed by atoms with E-state index in [4.69, 9.17) is 16.0 Å². The van der Waals surface area contributed by atoms with Crippen LogP contribution in [0.4, 0.5) is 0 Å². The van der Waals surface area contributed by atoms with Gasteiger partial charge in [-0.05, 0) is 22.2 Å². The van der Waals surface area contributed by atoms with Crippen LogP contribution in [0.1, 0.15) is 53.1 Å². The Morgan fingerprint density at radius 1 is 0.966 bits per heavy atom. The molecule has 0 N–H and O–H groups in total. The lowest BCUT2D eigenvalue weighted by atomic mass is 10.1. The van der Waals surface area contributed by atoms with Gasteiger partial charge in [0.05, 0.1) is 19.0 Å². The van der Waals surface area contributed by atoms with Gasteiger partial charge in [0.15, 0.2) is 14.0 Å². The van der Waals surface area contributed by atoms with Crippen LogP contribution in [0.2, 0.25) is 21.8 Å². The highest BCUT2D eigenvalue weighted by Gasteiger charge is 2.45. The Balaban J connectivity index is 2.04. The first-order chi connectivity index (χ1) is 13.8. The average molecular weight is 431 g/mol. The van der Waals surface area contributed by atoms with E-state index in [9.17, 15) is 0 Å². The van der Waals surface area contributed by atoms with Gasteiger partial charge in [-0.25, -0.2) is 14.6 Å². The molecule has 0 saturated carbocycles. The summed E-state index contributed by atoms with van der Waals surface area (Å²) in [5.41, 5.74) is 4.10. The molecule has 0 radical (unpaired) electrons. The number of nitrogens with zero attached hydrogens (tertiary/aromatic N) is 4. The van der Waals surface area contributed by atoms with Crippen LogP contribution in [0.25, 0.3) is 11.2 Å². The molecule has 0 aliphatic rings. The third kappa shape index (κ3) is 4.25. The lowest BCUT2D eigenvalue weighted by Crippen LogP contribution is -2.48. The van der Waals surface area contributed by atoms with Crippen LogP contribution in [0.15, 0.2) is 42.7 Å². The number of fused-ring (bicyclic) bond motifs is 1. The first-order valence-electron chi connectivity index (χ1n) is 10.3. The van der Waals surface area contributed by atoms with Crippen molar-refractivity contribution in [2.24, 2.45) is 0 Å². The molecule has 0 unspecified atom stereocenters. The molecule has 0 fully saturated rings. The van der Waals surface area contributed by atoms with Crippen LogP contribution in [0, 0.1) is 0 Å². The Bertz CT molecular complexity index is 921. The fourth-order valence-electron chi connectivity index (χ4n) is 4.73. The quantitative estimate of drug-likeness (QED) is 0.395. The van der Waals surface area contributed by atoms with Crippen molar-refractivity contribution in [1.82, 2.24) is 19.7 Å². The van der Waals surface area contributed by atoms with Crippen LogP contribution in [0.3, 0.4) is 0 Å². The normalized spacial score (nSPS) is 13.7. The lowest BCUT2D eigenvalue weighted by molar-refractivity contribution is 0.235. The van der Waals surface area contributed by atoms with Gasteiger partial charge in [-0.1, -0.05) is 83.5 Å². The molecule has 7 heteroatoms. The molecular formula is C22H31ClN4OSi. The Morgan fingerprint density at radius 2 is 1.59 bits per heavy atom. The predicted octanol–water partition coefficient (Wildman–Crippen LogP) is 6.26. The second-order valence-electron chi connectivity index (χ2n) is 8.55. The van der Waals surface area contributed by atoms with Crippen LogP contribution in [-0.2, 0) is 4.43 Å². The topological polar surface area (TPSA) is 52.8 Å². The van der Waals surface area contributed by atoms with E-state index in [1.54, 1.807) is 12.4 Å². The minimum Gasteiger partial charge on any atom is -0.413 e. The summed E-state index contributed by atoms with van der Waals surface area (Å²) in [6.45, 7) is 14.4. The summed E-state index contributed by atoms with van der Waals surface area (Å²) in [5.74, 6) is 0. The maximum Gasteiger partial charge on any atom is 0.200 e. The van der Waals surface area contributed by atoms with Crippen molar-refractivity contribution in [3.8, 4) is 0 Å². The lowest BCUT2D eigenvalue weighted by Gasteiger charge is -2.43. The maximum atomic E-state index is 6.93. The third-order valence-corrected chi connectivity index (χ3v) is 12.2. The predicted molar refractivity (Wildman–Crippen MR) is 122 cm³/mol. The van der Waals surface area contributed by atoms with Gasteiger partial charge in [-0.2, -0.15) is 5.10 Å². The zero-order valence-corrected chi connectivity index (χ0v) is 19.9. The molecule has 2 aromatic heterocycles. The van der Waals surface area contributed by atoms with Gasteiger partial charge in [0.1, 0.15) is 16.7 Å². The number of hydrogen-bond donors (Lipinski definition) is 0. The molecule has 156 valence electrons. The summed E-state index contributed by atoms with van der Waals surface area (Å²) < 4.78 is 8.84. The zero-order valence-electron chi connectivity index (χ0n) is 18.1. The minimum atomic E-state index is -2.02. The van der Waals surface area contributed by atoms with E-state index in [0.29, 0.717) is 34.0 Å². The molecule has 0 aliphatic heterocycles. The second kappa shape index (κ2) is 8.94. The molecule has 2 heterocycles. The van der Waals surface area contributed by atoms with E-state index in [1.165, 1.54) is 0 Å². The summed E-state index contributed by atoms with van der Waals surface area (Å²) in [5, 5.41) is 4.98. The standard InChI is InChI=1S/C22H31ClN4OSi/c1-15(2)29(16(3)4,17(5)6)28-14-20(18-10-8-7-9-11-18)27-22-19(12-25-27)24-13-21(23)26-22/h7-13,15-17,20H,14H2,1-6H3/t20-/m0/s1. The van der Waals surface area contributed by atoms with Gasteiger partial charge < -0.3 is 4.43 Å². The SMILES string of the molecule is CC(C)[Si](OC[C@@H](c1ccccc1)n1ncc2ncc(Cl)nc21)(C(C)C)C(C)C. The number of hydrogen-bond acceptors (Lipinski definition) is 4. The van der Waals surface area contributed by atoms with Crippen LogP contribution >= 0.6 is 11.6 Å². The van der Waals surface area contributed by atoms with Gasteiger partial charge in [-0.15, -0.1) is 0 Å². The van der Waals surface area contributed by atoms with Gasteiger partial charge >= 0.3 is 0 Å². The van der Waals surface area contributed by atoms with E-state index in [-0.39, 0.29) is 6.04 Å². The molecule has 0 spiro atoms. The Hall–Kier alpha value is -1.76. The molecule has 3 aromatic rings. The number of aromatic nitrogens is 4. The van der Waals surface area contributed by atoms with Crippen molar-refractivity contribution in [1.29, 1.82) is 0 Å². The van der Waals surface area contributed by atoms with E-state index < -0.39 is 8.32 Å². The molecule has 0 saturated heterocycles. The highest BCUT2D eigenvalue weighted by Crippen LogP contribution is 2.43. The molecule has 29 heavy (non-hydrogen) atoms. The van der Waals surface area contributed by atoms with Gasteiger partial charge in [0, 0.05) is 0 Å². The van der Waals surface area contributed by atoms with Crippen molar-refractivity contribution in [3.05, 3.63) is 53.4 Å². The van der Waals surface area contributed by atoms with Crippen LogP contribution in [-0.4, -0.2) is 34.7 Å². The van der Waals surface area contributed by atoms with E-state index in [0.717, 1.165) is 11.1 Å². The maximum absolute atomic E-state index is 6.93. The number of benzene rings is 1. The van der Waals surface area contributed by atoms with Crippen molar-refractivity contribution in [2.75, 3.05) is 6.61 Å². The average Bonchev–Trinajstić information content (AvgIpc) is 3.08. The van der Waals surface area contributed by atoms with E-state index in [1.807, 2.05) is 22.9 Å². The highest BCUT2D eigenvalue weighted by molar-refractivity contribution is 6.77. The smallest absolute Gasteiger partial charge is 0.200 e. The molecular weight excluding hydrogens is 400 g/mol. The van der Waals surface area contributed by atoms with Crippen LogP contribution in [0.5, 0.6) is 0 Å².